The van der Waals surface area contributed by atoms with Gasteiger partial charge in [-0.05, 0) is 37.0 Å². The minimum Gasteiger partial charge on any atom is -0.495 e. The van der Waals surface area contributed by atoms with Crippen LogP contribution in [0.25, 0.3) is 0 Å². The highest BCUT2D eigenvalue weighted by Gasteiger charge is 2.09. The van der Waals surface area contributed by atoms with Crippen molar-refractivity contribution in [3.05, 3.63) is 27.7 Å². The lowest BCUT2D eigenvalue weighted by Crippen LogP contribution is -2.07. The van der Waals surface area contributed by atoms with Crippen LogP contribution in [0.2, 0.25) is 10.0 Å². The molecule has 0 atom stereocenters. The predicted molar refractivity (Wildman–Crippen MR) is 72.7 cm³/mol. The van der Waals surface area contributed by atoms with E-state index >= 15 is 0 Å². The molecule has 0 unspecified atom stereocenters. The maximum absolute atomic E-state index is 6.02. The van der Waals surface area contributed by atoms with Gasteiger partial charge in [0.2, 0.25) is 0 Å². The van der Waals surface area contributed by atoms with Gasteiger partial charge in [-0.2, -0.15) is 0 Å². The summed E-state index contributed by atoms with van der Waals surface area (Å²) >= 11 is 16.8. The fraction of sp³-hybridized carbons (Fsp3) is 0.364. The Balaban J connectivity index is 2.81. The molecule has 0 fully saturated rings. The van der Waals surface area contributed by atoms with Crippen molar-refractivity contribution in [2.75, 3.05) is 7.11 Å². The number of rotatable bonds is 5. The van der Waals surface area contributed by atoms with Crippen molar-refractivity contribution in [3.8, 4) is 5.75 Å². The Hall–Kier alpha value is -0.510. The van der Waals surface area contributed by atoms with Crippen LogP contribution in [0.3, 0.4) is 0 Å². The van der Waals surface area contributed by atoms with Gasteiger partial charge in [0.1, 0.15) is 5.75 Å². The van der Waals surface area contributed by atoms with E-state index in [4.69, 9.17) is 45.9 Å². The molecule has 0 saturated carbocycles. The molecule has 0 heterocycles. The van der Waals surface area contributed by atoms with Gasteiger partial charge in [0.05, 0.1) is 17.1 Å². The van der Waals surface area contributed by atoms with E-state index in [1.54, 1.807) is 13.2 Å². The van der Waals surface area contributed by atoms with Crippen LogP contribution in [0.15, 0.2) is 12.1 Å². The molecule has 5 heteroatoms. The van der Waals surface area contributed by atoms with Gasteiger partial charge in [0.15, 0.2) is 0 Å². The Morgan fingerprint density at radius 2 is 2.12 bits per heavy atom. The number of ether oxygens (including phenoxy) is 1. The van der Waals surface area contributed by atoms with Crippen LogP contribution < -0.4 is 10.5 Å². The van der Waals surface area contributed by atoms with E-state index in [0.29, 0.717) is 27.2 Å². The quantitative estimate of drug-likeness (QED) is 0.836. The van der Waals surface area contributed by atoms with Gasteiger partial charge in [0.25, 0.3) is 0 Å². The molecule has 1 aromatic rings. The van der Waals surface area contributed by atoms with Crippen LogP contribution in [0.5, 0.6) is 5.75 Å². The summed E-state index contributed by atoms with van der Waals surface area (Å²) in [6.07, 6.45) is 2.37. The molecule has 0 aliphatic carbocycles. The Labute approximate surface area is 111 Å². The average molecular weight is 278 g/mol. The Morgan fingerprint density at radius 3 is 2.69 bits per heavy atom. The van der Waals surface area contributed by atoms with Crippen molar-refractivity contribution in [2.24, 2.45) is 5.73 Å². The topological polar surface area (TPSA) is 35.2 Å². The molecule has 0 aliphatic heterocycles. The van der Waals surface area contributed by atoms with Gasteiger partial charge < -0.3 is 10.5 Å². The number of hydrogen-bond acceptors (Lipinski definition) is 2. The summed E-state index contributed by atoms with van der Waals surface area (Å²) < 4.78 is 5.23. The zero-order chi connectivity index (χ0) is 12.1. The third kappa shape index (κ3) is 3.81. The van der Waals surface area contributed by atoms with Gasteiger partial charge in [-0.1, -0.05) is 35.4 Å². The maximum atomic E-state index is 6.02. The summed E-state index contributed by atoms with van der Waals surface area (Å²) in [7, 11) is 1.59. The molecular formula is C11H13Cl2NOS. The van der Waals surface area contributed by atoms with Crippen molar-refractivity contribution in [1.29, 1.82) is 0 Å². The molecule has 0 bridgehead atoms. The first-order valence-corrected chi connectivity index (χ1v) is 6.01. The first-order valence-electron chi connectivity index (χ1n) is 4.84. The number of nitrogens with two attached hydrogens (primary N) is 1. The summed E-state index contributed by atoms with van der Waals surface area (Å²) in [5.74, 6) is 0.675. The highest BCUT2D eigenvalue weighted by atomic mass is 35.5. The Bertz CT molecular complexity index is 396. The lowest BCUT2D eigenvalue weighted by atomic mass is 10.1. The molecule has 0 saturated heterocycles. The van der Waals surface area contributed by atoms with Crippen LogP contribution >= 0.6 is 35.4 Å². The molecule has 0 amide bonds. The predicted octanol–water partition coefficient (Wildman–Crippen LogP) is 3.61. The Morgan fingerprint density at radius 1 is 1.44 bits per heavy atom. The SMILES string of the molecule is COc1c(Cl)cc(Cl)cc1CCCC(N)=S. The van der Waals surface area contributed by atoms with E-state index in [1.807, 2.05) is 6.07 Å². The zero-order valence-electron chi connectivity index (χ0n) is 8.93. The minimum atomic E-state index is 0.520. The standard InChI is InChI=1S/C11H13Cl2NOS/c1-15-11-7(3-2-4-10(14)16)5-8(12)6-9(11)13/h5-6H,2-4H2,1H3,(H2,14,16). The monoisotopic (exact) mass is 277 g/mol. The lowest BCUT2D eigenvalue weighted by molar-refractivity contribution is 0.409. The van der Waals surface area contributed by atoms with Crippen molar-refractivity contribution in [2.45, 2.75) is 19.3 Å². The highest BCUT2D eigenvalue weighted by molar-refractivity contribution is 7.80. The van der Waals surface area contributed by atoms with Crippen molar-refractivity contribution >= 4 is 40.4 Å². The normalized spacial score (nSPS) is 10.2. The smallest absolute Gasteiger partial charge is 0.140 e. The number of thiocarbonyl (C=S) groups is 1. The number of hydrogen-bond donors (Lipinski definition) is 1. The molecular weight excluding hydrogens is 265 g/mol. The molecule has 1 rings (SSSR count). The molecule has 0 radical (unpaired) electrons. The number of aryl methyl sites for hydroxylation is 1. The van der Waals surface area contributed by atoms with E-state index in [0.717, 1.165) is 18.4 Å². The fourth-order valence-electron chi connectivity index (χ4n) is 1.48. The second-order valence-electron chi connectivity index (χ2n) is 3.40. The molecule has 0 spiro atoms. The van der Waals surface area contributed by atoms with Gasteiger partial charge >= 0.3 is 0 Å². The van der Waals surface area contributed by atoms with E-state index in [9.17, 15) is 0 Å². The van der Waals surface area contributed by atoms with Crippen LogP contribution in [0.4, 0.5) is 0 Å². The van der Waals surface area contributed by atoms with Crippen LogP contribution in [-0.2, 0) is 6.42 Å². The van der Waals surface area contributed by atoms with Crippen molar-refractivity contribution < 1.29 is 4.74 Å². The molecule has 16 heavy (non-hydrogen) atoms. The van der Waals surface area contributed by atoms with Gasteiger partial charge in [-0.15, -0.1) is 0 Å². The van der Waals surface area contributed by atoms with Crippen molar-refractivity contribution in [1.82, 2.24) is 0 Å². The highest BCUT2D eigenvalue weighted by Crippen LogP contribution is 2.32. The minimum absolute atomic E-state index is 0.520. The summed E-state index contributed by atoms with van der Waals surface area (Å²) in [4.78, 5) is 0.520. The maximum Gasteiger partial charge on any atom is 0.140 e. The Kier molecular flexibility index (Phi) is 5.32. The third-order valence-corrected chi connectivity index (χ3v) is 2.86. The first kappa shape index (κ1) is 13.6. The van der Waals surface area contributed by atoms with Gasteiger partial charge in [0, 0.05) is 5.02 Å². The third-order valence-electron chi connectivity index (χ3n) is 2.16. The van der Waals surface area contributed by atoms with Crippen LogP contribution in [0, 0.1) is 0 Å². The van der Waals surface area contributed by atoms with E-state index in [2.05, 4.69) is 0 Å². The van der Waals surface area contributed by atoms with E-state index in [-0.39, 0.29) is 0 Å². The summed E-state index contributed by atoms with van der Waals surface area (Å²) in [5, 5.41) is 1.14. The average Bonchev–Trinajstić information content (AvgIpc) is 2.16. The van der Waals surface area contributed by atoms with Crippen LogP contribution in [0.1, 0.15) is 18.4 Å². The summed E-state index contributed by atoms with van der Waals surface area (Å²) in [5.41, 5.74) is 6.42. The second-order valence-corrected chi connectivity index (χ2v) is 4.77. The summed E-state index contributed by atoms with van der Waals surface area (Å²) in [6, 6.07) is 3.52. The molecule has 2 N–H and O–H groups in total. The van der Waals surface area contributed by atoms with Crippen molar-refractivity contribution in [3.63, 3.8) is 0 Å². The van der Waals surface area contributed by atoms with E-state index in [1.165, 1.54) is 0 Å². The van der Waals surface area contributed by atoms with Gasteiger partial charge in [-0.3, -0.25) is 0 Å². The van der Waals surface area contributed by atoms with Gasteiger partial charge in [-0.25, -0.2) is 0 Å². The molecule has 2 nitrogen and oxygen atoms in total. The molecule has 88 valence electrons. The summed E-state index contributed by atoms with van der Waals surface area (Å²) in [6.45, 7) is 0. The lowest BCUT2D eigenvalue weighted by Gasteiger charge is -2.10. The zero-order valence-corrected chi connectivity index (χ0v) is 11.3. The molecule has 1 aromatic carbocycles. The number of methoxy groups -OCH3 is 1. The van der Waals surface area contributed by atoms with Crippen LogP contribution in [-0.4, -0.2) is 12.1 Å². The van der Waals surface area contributed by atoms with E-state index < -0.39 is 0 Å². The molecule has 0 aliphatic rings. The first-order chi connectivity index (χ1) is 7.54. The second kappa shape index (κ2) is 6.28. The largest absolute Gasteiger partial charge is 0.495 e. The number of halogens is 2. The fourth-order valence-corrected chi connectivity index (χ4v) is 2.24. The molecule has 0 aromatic heterocycles. The number of benzene rings is 1.